The van der Waals surface area contributed by atoms with Gasteiger partial charge in [-0.25, -0.2) is 4.99 Å². The summed E-state index contributed by atoms with van der Waals surface area (Å²) in [6.45, 7) is 1.94. The van der Waals surface area contributed by atoms with E-state index < -0.39 is 0 Å². The van der Waals surface area contributed by atoms with Crippen LogP contribution >= 0.6 is 24.0 Å². The number of benzene rings is 1. The van der Waals surface area contributed by atoms with Crippen molar-refractivity contribution in [1.29, 1.82) is 0 Å². The van der Waals surface area contributed by atoms with E-state index in [9.17, 15) is 0 Å². The van der Waals surface area contributed by atoms with Gasteiger partial charge in [-0.15, -0.1) is 24.0 Å². The number of nitrogens with zero attached hydrogens (tertiary/aromatic N) is 3. The summed E-state index contributed by atoms with van der Waals surface area (Å²) in [6, 6.07) is 5.33. The third kappa shape index (κ3) is 4.76. The van der Waals surface area contributed by atoms with Crippen LogP contribution in [0.1, 0.15) is 11.7 Å². The molecule has 0 fully saturated rings. The standard InChI is InChI=1S/C13H17N5O3.HI/c1-8-16-12(21-18-8)7-15-13(14)17-10-6-9(19-2)4-5-11(10)20-3;/h4-6H,7H2,1-3H3,(H3,14,15,17);1H. The second kappa shape index (κ2) is 8.41. The van der Waals surface area contributed by atoms with Crippen LogP contribution in [-0.2, 0) is 6.54 Å². The van der Waals surface area contributed by atoms with Crippen LogP contribution in [0.25, 0.3) is 0 Å². The van der Waals surface area contributed by atoms with Crippen molar-refractivity contribution in [3.63, 3.8) is 0 Å². The molecule has 0 radical (unpaired) electrons. The van der Waals surface area contributed by atoms with Gasteiger partial charge < -0.3 is 25.0 Å². The fourth-order valence-electron chi connectivity index (χ4n) is 1.65. The number of hydrogen-bond acceptors (Lipinski definition) is 6. The number of guanidine groups is 1. The van der Waals surface area contributed by atoms with Crippen LogP contribution < -0.4 is 20.5 Å². The molecule has 3 N–H and O–H groups in total. The Hall–Kier alpha value is -2.04. The van der Waals surface area contributed by atoms with Gasteiger partial charge in [0.25, 0.3) is 0 Å². The van der Waals surface area contributed by atoms with E-state index in [1.54, 1.807) is 39.3 Å². The number of hydrogen-bond donors (Lipinski definition) is 2. The first-order chi connectivity index (χ1) is 10.1. The summed E-state index contributed by atoms with van der Waals surface area (Å²) in [7, 11) is 3.16. The van der Waals surface area contributed by atoms with E-state index in [4.69, 9.17) is 19.7 Å². The van der Waals surface area contributed by atoms with Crippen LogP contribution in [0.15, 0.2) is 27.7 Å². The van der Waals surface area contributed by atoms with E-state index in [1.807, 2.05) is 0 Å². The highest BCUT2D eigenvalue weighted by Crippen LogP contribution is 2.28. The molecule has 1 aromatic heterocycles. The normalized spacial score (nSPS) is 10.8. The minimum atomic E-state index is 0. The quantitative estimate of drug-likeness (QED) is 0.433. The number of nitrogens with two attached hydrogens (primary N) is 1. The second-order valence-corrected chi connectivity index (χ2v) is 4.13. The highest BCUT2D eigenvalue weighted by atomic mass is 127. The second-order valence-electron chi connectivity index (χ2n) is 4.13. The van der Waals surface area contributed by atoms with E-state index in [-0.39, 0.29) is 36.5 Å². The Morgan fingerprint density at radius 3 is 2.73 bits per heavy atom. The van der Waals surface area contributed by atoms with Crippen molar-refractivity contribution in [3.05, 3.63) is 29.9 Å². The molecular formula is C13H18IN5O3. The van der Waals surface area contributed by atoms with Crippen molar-refractivity contribution in [3.8, 4) is 11.5 Å². The van der Waals surface area contributed by atoms with Crippen molar-refractivity contribution in [2.45, 2.75) is 13.5 Å². The van der Waals surface area contributed by atoms with Crippen molar-refractivity contribution >= 4 is 35.6 Å². The van der Waals surface area contributed by atoms with Crippen molar-refractivity contribution in [2.24, 2.45) is 10.7 Å². The summed E-state index contributed by atoms with van der Waals surface area (Å²) in [5.74, 6) is 2.47. The van der Waals surface area contributed by atoms with Gasteiger partial charge in [0.05, 0.1) is 19.9 Å². The van der Waals surface area contributed by atoms with Crippen LogP contribution in [0.5, 0.6) is 11.5 Å². The third-order valence-corrected chi connectivity index (χ3v) is 2.62. The Balaban J connectivity index is 0.00000242. The summed E-state index contributed by atoms with van der Waals surface area (Å²) >= 11 is 0. The van der Waals surface area contributed by atoms with E-state index in [0.717, 1.165) is 0 Å². The van der Waals surface area contributed by atoms with Gasteiger partial charge in [-0.2, -0.15) is 4.98 Å². The summed E-state index contributed by atoms with van der Waals surface area (Å²) in [5.41, 5.74) is 6.48. The molecule has 8 nitrogen and oxygen atoms in total. The molecule has 0 atom stereocenters. The van der Waals surface area contributed by atoms with Gasteiger partial charge in [-0.05, 0) is 19.1 Å². The van der Waals surface area contributed by atoms with Crippen LogP contribution in [0.2, 0.25) is 0 Å². The molecule has 9 heteroatoms. The molecule has 1 heterocycles. The Morgan fingerprint density at radius 1 is 1.36 bits per heavy atom. The maximum atomic E-state index is 5.83. The first kappa shape index (κ1) is 18.0. The lowest BCUT2D eigenvalue weighted by atomic mass is 10.2. The highest BCUT2D eigenvalue weighted by molar-refractivity contribution is 14.0. The summed E-state index contributed by atoms with van der Waals surface area (Å²) in [5, 5.41) is 6.62. The lowest BCUT2D eigenvalue weighted by Gasteiger charge is -2.11. The monoisotopic (exact) mass is 419 g/mol. The van der Waals surface area contributed by atoms with E-state index in [1.165, 1.54) is 0 Å². The molecule has 0 unspecified atom stereocenters. The highest BCUT2D eigenvalue weighted by Gasteiger charge is 2.07. The van der Waals surface area contributed by atoms with Crippen LogP contribution in [0.4, 0.5) is 5.69 Å². The molecule has 0 saturated carbocycles. The van der Waals surface area contributed by atoms with Gasteiger partial charge in [0.15, 0.2) is 11.8 Å². The minimum Gasteiger partial charge on any atom is -0.497 e. The number of anilines is 1. The molecule has 2 aromatic rings. The summed E-state index contributed by atoms with van der Waals surface area (Å²) in [4.78, 5) is 8.16. The third-order valence-electron chi connectivity index (χ3n) is 2.62. The number of methoxy groups -OCH3 is 2. The Bertz CT molecular complexity index is 644. The molecule has 0 aliphatic heterocycles. The predicted molar refractivity (Wildman–Crippen MR) is 92.9 cm³/mol. The maximum Gasteiger partial charge on any atom is 0.248 e. The van der Waals surface area contributed by atoms with Crippen LogP contribution in [-0.4, -0.2) is 30.3 Å². The molecule has 0 amide bonds. The van der Waals surface area contributed by atoms with Crippen LogP contribution in [0.3, 0.4) is 0 Å². The van der Waals surface area contributed by atoms with Gasteiger partial charge in [-0.3, -0.25) is 0 Å². The number of ether oxygens (including phenoxy) is 2. The van der Waals surface area contributed by atoms with Gasteiger partial charge in [-0.1, -0.05) is 5.16 Å². The molecule has 1 aromatic carbocycles. The van der Waals surface area contributed by atoms with Gasteiger partial charge in [0.2, 0.25) is 5.89 Å². The fourth-order valence-corrected chi connectivity index (χ4v) is 1.65. The molecule has 2 rings (SSSR count). The number of aliphatic imine (C=N–C) groups is 1. The number of aromatic nitrogens is 2. The average Bonchev–Trinajstić information content (AvgIpc) is 2.90. The summed E-state index contributed by atoms with van der Waals surface area (Å²) < 4.78 is 15.4. The molecule has 0 saturated heterocycles. The molecule has 0 bridgehead atoms. The van der Waals surface area contributed by atoms with Crippen molar-refractivity contribution in [1.82, 2.24) is 10.1 Å². The van der Waals surface area contributed by atoms with Crippen molar-refractivity contribution in [2.75, 3.05) is 19.5 Å². The zero-order valence-corrected chi connectivity index (χ0v) is 14.8. The molecule has 120 valence electrons. The van der Waals surface area contributed by atoms with Crippen molar-refractivity contribution < 1.29 is 14.0 Å². The number of rotatable bonds is 5. The smallest absolute Gasteiger partial charge is 0.248 e. The largest absolute Gasteiger partial charge is 0.497 e. The Kier molecular flexibility index (Phi) is 6.89. The zero-order chi connectivity index (χ0) is 15.2. The summed E-state index contributed by atoms with van der Waals surface area (Å²) in [6.07, 6.45) is 0. The van der Waals surface area contributed by atoms with E-state index in [0.29, 0.717) is 28.9 Å². The van der Waals surface area contributed by atoms with E-state index in [2.05, 4.69) is 20.4 Å². The fraction of sp³-hybridized carbons (Fsp3) is 0.308. The predicted octanol–water partition coefficient (Wildman–Crippen LogP) is 1.94. The Morgan fingerprint density at radius 2 is 2.14 bits per heavy atom. The number of nitrogens with one attached hydrogen (secondary N) is 1. The van der Waals surface area contributed by atoms with Gasteiger partial charge in [0.1, 0.15) is 18.0 Å². The SMILES string of the molecule is COc1ccc(OC)c(NC(N)=NCc2nc(C)no2)c1.I. The average molecular weight is 419 g/mol. The minimum absolute atomic E-state index is 0. The maximum absolute atomic E-state index is 5.83. The first-order valence-corrected chi connectivity index (χ1v) is 6.20. The molecule has 0 spiro atoms. The molecule has 22 heavy (non-hydrogen) atoms. The molecule has 0 aliphatic carbocycles. The topological polar surface area (TPSA) is 108 Å². The van der Waals surface area contributed by atoms with Gasteiger partial charge in [0, 0.05) is 6.07 Å². The zero-order valence-electron chi connectivity index (χ0n) is 12.5. The number of aryl methyl sites for hydroxylation is 1. The van der Waals surface area contributed by atoms with E-state index >= 15 is 0 Å². The van der Waals surface area contributed by atoms with Gasteiger partial charge >= 0.3 is 0 Å². The lowest BCUT2D eigenvalue weighted by molar-refractivity contribution is 0.376. The number of halogens is 1. The van der Waals surface area contributed by atoms with Crippen LogP contribution in [0, 0.1) is 6.92 Å². The molecule has 0 aliphatic rings. The molecular weight excluding hydrogens is 401 g/mol. The first-order valence-electron chi connectivity index (χ1n) is 6.20. The Labute approximate surface area is 145 Å². The lowest BCUT2D eigenvalue weighted by Crippen LogP contribution is -2.23.